The Labute approximate surface area is 150 Å². The number of carbonyl (C=O) groups is 1. The van der Waals surface area contributed by atoms with E-state index in [9.17, 15) is 4.79 Å². The molecule has 1 amide bonds. The first-order valence-corrected chi connectivity index (χ1v) is 9.28. The molecule has 1 aromatic heterocycles. The molecule has 3 rings (SSSR count). The van der Waals surface area contributed by atoms with Crippen LogP contribution in [0.25, 0.3) is 5.69 Å². The summed E-state index contributed by atoms with van der Waals surface area (Å²) in [6.45, 7) is 9.49. The molecule has 0 bridgehead atoms. The lowest BCUT2D eigenvalue weighted by Gasteiger charge is -2.36. The second-order valence-corrected chi connectivity index (χ2v) is 6.76. The first-order chi connectivity index (χ1) is 12.1. The third-order valence-corrected chi connectivity index (χ3v) is 5.14. The van der Waals surface area contributed by atoms with Crippen molar-refractivity contribution in [2.24, 2.45) is 5.92 Å². The lowest BCUT2D eigenvalue weighted by molar-refractivity contribution is -0.136. The summed E-state index contributed by atoms with van der Waals surface area (Å²) in [6.07, 6.45) is 5.69. The maximum Gasteiger partial charge on any atom is 0.225 e. The number of benzene rings is 1. The van der Waals surface area contributed by atoms with E-state index in [4.69, 9.17) is 0 Å². The van der Waals surface area contributed by atoms with Gasteiger partial charge < -0.3 is 9.80 Å². The molecule has 1 aromatic carbocycles. The molecule has 0 atom stereocenters. The number of piperazine rings is 1. The number of aromatic nitrogens is 2. The highest BCUT2D eigenvalue weighted by Crippen LogP contribution is 2.21. The number of hydrogen-bond acceptors (Lipinski definition) is 3. The van der Waals surface area contributed by atoms with E-state index in [0.29, 0.717) is 5.91 Å². The zero-order chi connectivity index (χ0) is 17.8. The number of aryl methyl sites for hydroxylation is 1. The topological polar surface area (TPSA) is 41.4 Å². The van der Waals surface area contributed by atoms with Crippen molar-refractivity contribution in [2.45, 2.75) is 33.6 Å². The van der Waals surface area contributed by atoms with Gasteiger partial charge in [-0.1, -0.05) is 31.5 Å². The predicted octanol–water partition coefficient (Wildman–Crippen LogP) is 3.27. The van der Waals surface area contributed by atoms with E-state index in [1.54, 1.807) is 0 Å². The summed E-state index contributed by atoms with van der Waals surface area (Å²) in [4.78, 5) is 21.4. The van der Waals surface area contributed by atoms with Crippen LogP contribution in [0, 0.1) is 12.8 Å². The summed E-state index contributed by atoms with van der Waals surface area (Å²) < 4.78 is 2.12. The number of nitrogens with zero attached hydrogens (tertiary/aromatic N) is 4. The highest BCUT2D eigenvalue weighted by molar-refractivity contribution is 5.79. The van der Waals surface area contributed by atoms with Gasteiger partial charge in [0.25, 0.3) is 0 Å². The molecule has 1 aliphatic heterocycles. The number of amides is 1. The van der Waals surface area contributed by atoms with Crippen LogP contribution in [0.5, 0.6) is 0 Å². The smallest absolute Gasteiger partial charge is 0.225 e. The van der Waals surface area contributed by atoms with E-state index in [1.165, 1.54) is 5.56 Å². The van der Waals surface area contributed by atoms with Gasteiger partial charge in [-0.3, -0.25) is 9.36 Å². The van der Waals surface area contributed by atoms with Crippen molar-refractivity contribution in [2.75, 3.05) is 31.1 Å². The molecule has 0 radical (unpaired) electrons. The molecule has 5 nitrogen and oxygen atoms in total. The van der Waals surface area contributed by atoms with Crippen LogP contribution < -0.4 is 4.90 Å². The minimum absolute atomic E-state index is 0.168. The molecular formula is C20H28N4O. The van der Waals surface area contributed by atoms with Crippen molar-refractivity contribution in [1.82, 2.24) is 14.5 Å². The normalized spacial score (nSPS) is 15.0. The largest absolute Gasteiger partial charge is 0.339 e. The molecule has 0 unspecified atom stereocenters. The van der Waals surface area contributed by atoms with Crippen molar-refractivity contribution in [3.05, 3.63) is 42.2 Å². The van der Waals surface area contributed by atoms with E-state index in [0.717, 1.165) is 50.7 Å². The summed E-state index contributed by atoms with van der Waals surface area (Å²) in [7, 11) is 0. The van der Waals surface area contributed by atoms with Crippen LogP contribution >= 0.6 is 0 Å². The molecule has 2 heterocycles. The molecule has 25 heavy (non-hydrogen) atoms. The van der Waals surface area contributed by atoms with E-state index < -0.39 is 0 Å². The Bertz CT molecular complexity index is 695. The SMILES string of the molecule is CCC(CC)C(=O)N1CCN(c2nccn2-c2ccc(C)cc2)CC1. The quantitative estimate of drug-likeness (QED) is 0.839. The Morgan fingerprint density at radius 3 is 2.32 bits per heavy atom. The number of rotatable bonds is 5. The van der Waals surface area contributed by atoms with Gasteiger partial charge in [0.15, 0.2) is 0 Å². The Morgan fingerprint density at radius 2 is 1.72 bits per heavy atom. The highest BCUT2D eigenvalue weighted by Gasteiger charge is 2.27. The summed E-state index contributed by atoms with van der Waals surface area (Å²) in [5.41, 5.74) is 2.37. The fourth-order valence-corrected chi connectivity index (χ4v) is 3.46. The van der Waals surface area contributed by atoms with Crippen LogP contribution in [0.4, 0.5) is 5.95 Å². The summed E-state index contributed by atoms with van der Waals surface area (Å²) in [5, 5.41) is 0. The second-order valence-electron chi connectivity index (χ2n) is 6.76. The Kier molecular flexibility index (Phi) is 5.41. The first kappa shape index (κ1) is 17.5. The minimum atomic E-state index is 0.168. The first-order valence-electron chi connectivity index (χ1n) is 9.28. The maximum atomic E-state index is 12.6. The number of anilines is 1. The van der Waals surface area contributed by atoms with E-state index in [-0.39, 0.29) is 5.92 Å². The second kappa shape index (κ2) is 7.72. The number of carbonyl (C=O) groups excluding carboxylic acids is 1. The fourth-order valence-electron chi connectivity index (χ4n) is 3.46. The average molecular weight is 340 g/mol. The summed E-state index contributed by atoms with van der Waals surface area (Å²) >= 11 is 0. The molecule has 134 valence electrons. The van der Waals surface area contributed by atoms with Gasteiger partial charge >= 0.3 is 0 Å². The fraction of sp³-hybridized carbons (Fsp3) is 0.500. The van der Waals surface area contributed by atoms with Crippen LogP contribution in [-0.2, 0) is 4.79 Å². The molecule has 0 aliphatic carbocycles. The van der Waals surface area contributed by atoms with Crippen LogP contribution in [0.3, 0.4) is 0 Å². The Balaban J connectivity index is 1.69. The van der Waals surface area contributed by atoms with Crippen LogP contribution in [0.15, 0.2) is 36.7 Å². The standard InChI is InChI=1S/C20H28N4O/c1-4-17(5-2)19(25)22-12-14-23(15-13-22)20-21-10-11-24(20)18-8-6-16(3)7-9-18/h6-11,17H,4-5,12-15H2,1-3H3. The van der Waals surface area contributed by atoms with Crippen LogP contribution in [0.2, 0.25) is 0 Å². The zero-order valence-corrected chi connectivity index (χ0v) is 15.5. The molecule has 1 saturated heterocycles. The van der Waals surface area contributed by atoms with Crippen molar-refractivity contribution in [3.63, 3.8) is 0 Å². The molecule has 2 aromatic rings. The van der Waals surface area contributed by atoms with Crippen molar-refractivity contribution >= 4 is 11.9 Å². The van der Waals surface area contributed by atoms with Gasteiger partial charge in [-0.05, 0) is 31.9 Å². The van der Waals surface area contributed by atoms with Crippen LogP contribution in [-0.4, -0.2) is 46.5 Å². The molecule has 0 saturated carbocycles. The van der Waals surface area contributed by atoms with Gasteiger partial charge in [-0.2, -0.15) is 0 Å². The van der Waals surface area contributed by atoms with Gasteiger partial charge in [0, 0.05) is 50.2 Å². The molecular weight excluding hydrogens is 312 g/mol. The van der Waals surface area contributed by atoms with Crippen molar-refractivity contribution < 1.29 is 4.79 Å². The maximum absolute atomic E-state index is 12.6. The van der Waals surface area contributed by atoms with Crippen molar-refractivity contribution in [1.29, 1.82) is 0 Å². The predicted molar refractivity (Wildman–Crippen MR) is 101 cm³/mol. The Hall–Kier alpha value is -2.30. The number of hydrogen-bond donors (Lipinski definition) is 0. The van der Waals surface area contributed by atoms with Gasteiger partial charge in [-0.15, -0.1) is 0 Å². The lowest BCUT2D eigenvalue weighted by atomic mass is 10.0. The Morgan fingerprint density at radius 1 is 1.08 bits per heavy atom. The molecule has 1 fully saturated rings. The van der Waals surface area contributed by atoms with Crippen LogP contribution in [0.1, 0.15) is 32.3 Å². The lowest BCUT2D eigenvalue weighted by Crippen LogP contribution is -2.51. The van der Waals surface area contributed by atoms with E-state index in [2.05, 4.69) is 59.5 Å². The third kappa shape index (κ3) is 3.70. The molecule has 0 N–H and O–H groups in total. The highest BCUT2D eigenvalue weighted by atomic mass is 16.2. The van der Waals surface area contributed by atoms with Gasteiger partial charge in [0.2, 0.25) is 11.9 Å². The molecule has 5 heteroatoms. The third-order valence-electron chi connectivity index (χ3n) is 5.14. The van der Waals surface area contributed by atoms with E-state index >= 15 is 0 Å². The number of imidazole rings is 1. The van der Waals surface area contributed by atoms with Crippen molar-refractivity contribution in [3.8, 4) is 5.69 Å². The zero-order valence-electron chi connectivity index (χ0n) is 15.5. The average Bonchev–Trinajstić information content (AvgIpc) is 3.13. The van der Waals surface area contributed by atoms with Gasteiger partial charge in [-0.25, -0.2) is 4.98 Å². The van der Waals surface area contributed by atoms with Gasteiger partial charge in [0.1, 0.15) is 0 Å². The minimum Gasteiger partial charge on any atom is -0.339 e. The monoisotopic (exact) mass is 340 g/mol. The summed E-state index contributed by atoms with van der Waals surface area (Å²) in [6, 6.07) is 8.47. The molecule has 1 aliphatic rings. The molecule has 0 spiro atoms. The van der Waals surface area contributed by atoms with E-state index in [1.807, 2.05) is 17.3 Å². The van der Waals surface area contributed by atoms with Gasteiger partial charge in [0.05, 0.1) is 0 Å². The summed E-state index contributed by atoms with van der Waals surface area (Å²) in [5.74, 6) is 1.44.